The largest absolute Gasteiger partial charge is 0.354 e. The first kappa shape index (κ1) is 11.5. The lowest BCUT2D eigenvalue weighted by atomic mass is 10.6. The van der Waals surface area contributed by atoms with Crippen molar-refractivity contribution in [3.63, 3.8) is 0 Å². The highest BCUT2D eigenvalue weighted by molar-refractivity contribution is 7.97. The number of methoxy groups -OCH3 is 2. The number of urea groups is 1. The van der Waals surface area contributed by atoms with E-state index >= 15 is 0 Å². The van der Waals surface area contributed by atoms with Crippen LogP contribution in [-0.4, -0.2) is 39.3 Å². The molecule has 0 radical (unpaired) electrons. The number of hydrogen-bond acceptors (Lipinski definition) is 4. The summed E-state index contributed by atoms with van der Waals surface area (Å²) in [4.78, 5) is 10.8. The Morgan fingerprint density at radius 3 is 2.50 bits per heavy atom. The average Bonchev–Trinajstić information content (AvgIpc) is 2.07. The minimum atomic E-state index is -0.391. The Kier molecular flexibility index (Phi) is 6.93. The van der Waals surface area contributed by atoms with Crippen LogP contribution in [0.3, 0.4) is 0 Å². The molecule has 0 bridgehead atoms. The van der Waals surface area contributed by atoms with Gasteiger partial charge in [0.25, 0.3) is 0 Å². The van der Waals surface area contributed by atoms with E-state index in [4.69, 9.17) is 9.47 Å². The minimum Gasteiger partial charge on any atom is -0.354 e. The van der Waals surface area contributed by atoms with E-state index in [1.165, 1.54) is 26.2 Å². The smallest absolute Gasteiger partial charge is 0.324 e. The molecule has 0 unspecified atom stereocenters. The molecule has 72 valence electrons. The molecule has 0 spiro atoms. The molecule has 0 aliphatic rings. The van der Waals surface area contributed by atoms with E-state index in [0.29, 0.717) is 6.54 Å². The Labute approximate surface area is 76.3 Å². The van der Waals surface area contributed by atoms with Gasteiger partial charge in [-0.05, 0) is 0 Å². The van der Waals surface area contributed by atoms with E-state index < -0.39 is 6.29 Å². The van der Waals surface area contributed by atoms with Gasteiger partial charge in [0.2, 0.25) is 0 Å². The van der Waals surface area contributed by atoms with Gasteiger partial charge in [-0.2, -0.15) is 0 Å². The highest BCUT2D eigenvalue weighted by atomic mass is 32.2. The van der Waals surface area contributed by atoms with Crippen molar-refractivity contribution in [1.82, 2.24) is 10.0 Å². The van der Waals surface area contributed by atoms with E-state index in [2.05, 4.69) is 10.0 Å². The summed E-state index contributed by atoms with van der Waals surface area (Å²) in [6, 6.07) is -0.249. The summed E-state index contributed by atoms with van der Waals surface area (Å²) in [7, 11) is 3.03. The second-order valence-electron chi connectivity index (χ2n) is 1.92. The van der Waals surface area contributed by atoms with Crippen LogP contribution in [0.4, 0.5) is 4.79 Å². The monoisotopic (exact) mass is 194 g/mol. The number of carbonyl (C=O) groups excluding carboxylic acids is 1. The van der Waals surface area contributed by atoms with Crippen molar-refractivity contribution in [3.05, 3.63) is 0 Å². The fourth-order valence-corrected chi connectivity index (χ4v) is 0.825. The molecular weight excluding hydrogens is 180 g/mol. The average molecular weight is 194 g/mol. The van der Waals surface area contributed by atoms with Crippen LogP contribution in [0.2, 0.25) is 0 Å². The van der Waals surface area contributed by atoms with Gasteiger partial charge in [0.05, 0.1) is 6.54 Å². The molecular formula is C6H14N2O3S. The molecule has 6 heteroatoms. The van der Waals surface area contributed by atoms with E-state index in [1.54, 1.807) is 6.26 Å². The topological polar surface area (TPSA) is 59.6 Å². The SMILES string of the molecule is COC(CNC(=O)NSC)OC. The lowest BCUT2D eigenvalue weighted by Crippen LogP contribution is -2.38. The Hall–Kier alpha value is -0.460. The summed E-state index contributed by atoms with van der Waals surface area (Å²) in [5.41, 5.74) is 0. The Balaban J connectivity index is 3.44. The van der Waals surface area contributed by atoms with E-state index in [9.17, 15) is 4.79 Å². The molecule has 0 rings (SSSR count). The fraction of sp³-hybridized carbons (Fsp3) is 0.833. The van der Waals surface area contributed by atoms with Crippen molar-refractivity contribution >= 4 is 18.0 Å². The van der Waals surface area contributed by atoms with Gasteiger partial charge >= 0.3 is 6.03 Å². The summed E-state index contributed by atoms with van der Waals surface area (Å²) < 4.78 is 12.2. The predicted molar refractivity (Wildman–Crippen MR) is 47.9 cm³/mol. The first-order valence-electron chi connectivity index (χ1n) is 3.37. The number of carbonyl (C=O) groups is 1. The van der Waals surface area contributed by atoms with E-state index in [0.717, 1.165) is 0 Å². The lowest BCUT2D eigenvalue weighted by Gasteiger charge is -2.13. The van der Waals surface area contributed by atoms with E-state index in [1.807, 2.05) is 0 Å². The maximum absolute atomic E-state index is 10.8. The Morgan fingerprint density at radius 2 is 2.08 bits per heavy atom. The molecule has 5 nitrogen and oxygen atoms in total. The zero-order chi connectivity index (χ0) is 9.40. The van der Waals surface area contributed by atoms with Gasteiger partial charge in [0.1, 0.15) is 0 Å². The van der Waals surface area contributed by atoms with Crippen LogP contribution < -0.4 is 10.0 Å². The molecule has 12 heavy (non-hydrogen) atoms. The number of hydrogen-bond donors (Lipinski definition) is 2. The number of nitrogens with one attached hydrogen (secondary N) is 2. The molecule has 0 aromatic heterocycles. The van der Waals surface area contributed by atoms with Crippen LogP contribution >= 0.6 is 11.9 Å². The summed E-state index contributed by atoms with van der Waals surface area (Å²) in [6.07, 6.45) is 1.38. The second-order valence-corrected chi connectivity index (χ2v) is 2.53. The zero-order valence-electron chi connectivity index (χ0n) is 7.42. The van der Waals surface area contributed by atoms with Crippen LogP contribution in [-0.2, 0) is 9.47 Å². The summed E-state index contributed by atoms with van der Waals surface area (Å²) in [5.74, 6) is 0. The summed E-state index contributed by atoms with van der Waals surface area (Å²) in [6.45, 7) is 0.333. The van der Waals surface area contributed by atoms with Gasteiger partial charge in [-0.15, -0.1) is 0 Å². The first-order chi connectivity index (χ1) is 5.74. The van der Waals surface area contributed by atoms with Crippen LogP contribution in [0, 0.1) is 0 Å². The Morgan fingerprint density at radius 1 is 1.50 bits per heavy atom. The minimum absolute atomic E-state index is 0.249. The highest BCUT2D eigenvalue weighted by Crippen LogP contribution is 1.88. The summed E-state index contributed by atoms with van der Waals surface area (Å²) in [5, 5.41) is 2.56. The van der Waals surface area contributed by atoms with Gasteiger partial charge in [0, 0.05) is 20.5 Å². The van der Waals surface area contributed by atoms with Crippen molar-refractivity contribution in [2.45, 2.75) is 6.29 Å². The molecule has 0 aliphatic heterocycles. The molecule has 0 aromatic rings. The van der Waals surface area contributed by atoms with E-state index in [-0.39, 0.29) is 6.03 Å². The van der Waals surface area contributed by atoms with Crippen molar-refractivity contribution in [3.8, 4) is 0 Å². The van der Waals surface area contributed by atoms with Gasteiger partial charge in [-0.3, -0.25) is 4.72 Å². The van der Waals surface area contributed by atoms with Gasteiger partial charge < -0.3 is 14.8 Å². The third kappa shape index (κ3) is 5.22. The van der Waals surface area contributed by atoms with Gasteiger partial charge in [-0.1, -0.05) is 11.9 Å². The molecule has 0 fully saturated rings. The molecule has 2 amide bonds. The molecule has 0 heterocycles. The molecule has 0 saturated carbocycles. The zero-order valence-corrected chi connectivity index (χ0v) is 8.23. The second kappa shape index (κ2) is 7.20. The van der Waals surface area contributed by atoms with Crippen LogP contribution in [0.5, 0.6) is 0 Å². The maximum Gasteiger partial charge on any atom is 0.324 e. The molecule has 0 atom stereocenters. The number of rotatable bonds is 5. The van der Waals surface area contributed by atoms with Crippen LogP contribution in [0.15, 0.2) is 0 Å². The van der Waals surface area contributed by atoms with Gasteiger partial charge in [-0.25, -0.2) is 4.79 Å². The quantitative estimate of drug-likeness (QED) is 0.484. The normalized spacial score (nSPS) is 10.0. The first-order valence-corrected chi connectivity index (χ1v) is 4.59. The van der Waals surface area contributed by atoms with Crippen molar-refractivity contribution in [2.75, 3.05) is 27.0 Å². The highest BCUT2D eigenvalue weighted by Gasteiger charge is 2.06. The lowest BCUT2D eigenvalue weighted by molar-refractivity contribution is -0.0971. The third-order valence-corrected chi connectivity index (χ3v) is 1.54. The van der Waals surface area contributed by atoms with Crippen LogP contribution in [0.1, 0.15) is 0 Å². The Bertz CT molecular complexity index is 130. The third-order valence-electron chi connectivity index (χ3n) is 1.15. The van der Waals surface area contributed by atoms with Gasteiger partial charge in [0.15, 0.2) is 6.29 Å². The van der Waals surface area contributed by atoms with Crippen molar-refractivity contribution in [2.24, 2.45) is 0 Å². The molecule has 0 aliphatic carbocycles. The number of ether oxygens (including phenoxy) is 2. The summed E-state index contributed by atoms with van der Waals surface area (Å²) >= 11 is 1.23. The van der Waals surface area contributed by atoms with Crippen LogP contribution in [0.25, 0.3) is 0 Å². The molecule has 0 aromatic carbocycles. The fourth-order valence-electron chi connectivity index (χ4n) is 0.568. The molecule has 2 N–H and O–H groups in total. The number of amides is 2. The van der Waals surface area contributed by atoms with Crippen molar-refractivity contribution in [1.29, 1.82) is 0 Å². The predicted octanol–water partition coefficient (Wildman–Crippen LogP) is 0.183. The van der Waals surface area contributed by atoms with Crippen molar-refractivity contribution < 1.29 is 14.3 Å². The molecule has 0 saturated heterocycles. The maximum atomic E-state index is 10.8. The standard InChI is InChI=1S/C6H14N2O3S/c1-10-5(11-2)4-7-6(9)8-12-3/h5H,4H2,1-3H3,(H2,7,8,9).